The Bertz CT molecular complexity index is 1120. The molecule has 3 heterocycles. The minimum Gasteiger partial charge on any atom is -0.457 e. The smallest absolute Gasteiger partial charge is 0.174 e. The highest BCUT2D eigenvalue weighted by molar-refractivity contribution is 7.80. The van der Waals surface area contributed by atoms with Crippen LogP contribution in [0.1, 0.15) is 22.7 Å². The SMILES string of the molecule is S=C1N[C@@H](c2ccccn2)[C@H](c2cccs2)N1c1ccc(Oc2ccccc2)cc1. The molecule has 2 aromatic heterocycles. The number of ether oxygens (including phenoxy) is 1. The standard InChI is InChI=1S/C24H19N3OS2/c29-24-26-22(20-9-4-5-15-25-20)23(21-10-6-16-30-21)27(24)17-11-13-19(14-12-17)28-18-7-2-1-3-8-18/h1-16,22-23H,(H,26,29)/t22-,23-/m0/s1. The largest absolute Gasteiger partial charge is 0.457 e. The monoisotopic (exact) mass is 429 g/mol. The van der Waals surface area contributed by atoms with Gasteiger partial charge in [0.25, 0.3) is 0 Å². The second-order valence-electron chi connectivity index (χ2n) is 6.92. The highest BCUT2D eigenvalue weighted by atomic mass is 32.1. The van der Waals surface area contributed by atoms with E-state index in [2.05, 4.69) is 32.7 Å². The molecule has 2 atom stereocenters. The summed E-state index contributed by atoms with van der Waals surface area (Å²) in [5.41, 5.74) is 1.99. The van der Waals surface area contributed by atoms with Crippen molar-refractivity contribution in [1.29, 1.82) is 0 Å². The van der Waals surface area contributed by atoms with Gasteiger partial charge in [-0.05, 0) is 72.2 Å². The number of nitrogens with one attached hydrogen (secondary N) is 1. The van der Waals surface area contributed by atoms with Gasteiger partial charge in [-0.25, -0.2) is 0 Å². The Labute approximate surface area is 184 Å². The first-order valence-corrected chi connectivity index (χ1v) is 11.0. The van der Waals surface area contributed by atoms with Crippen LogP contribution in [0.15, 0.2) is 96.5 Å². The lowest BCUT2D eigenvalue weighted by atomic mass is 10.0. The summed E-state index contributed by atoms with van der Waals surface area (Å²) in [5, 5.41) is 6.28. The van der Waals surface area contributed by atoms with Crippen molar-refractivity contribution in [3.8, 4) is 11.5 Å². The third kappa shape index (κ3) is 3.67. The number of thiophene rings is 1. The maximum absolute atomic E-state index is 5.94. The van der Waals surface area contributed by atoms with E-state index in [1.807, 2.05) is 79.0 Å². The van der Waals surface area contributed by atoms with Crippen LogP contribution in [0.5, 0.6) is 11.5 Å². The van der Waals surface area contributed by atoms with Crippen LogP contribution in [-0.4, -0.2) is 10.1 Å². The van der Waals surface area contributed by atoms with E-state index >= 15 is 0 Å². The van der Waals surface area contributed by atoms with Crippen molar-refractivity contribution in [2.75, 3.05) is 4.90 Å². The molecule has 5 rings (SSSR count). The van der Waals surface area contributed by atoms with Crippen molar-refractivity contribution in [3.63, 3.8) is 0 Å². The Morgan fingerprint density at radius 1 is 0.867 bits per heavy atom. The van der Waals surface area contributed by atoms with Crippen molar-refractivity contribution in [2.24, 2.45) is 0 Å². The number of para-hydroxylation sites is 1. The molecule has 0 aliphatic carbocycles. The van der Waals surface area contributed by atoms with E-state index in [-0.39, 0.29) is 12.1 Å². The van der Waals surface area contributed by atoms with Crippen LogP contribution in [0.3, 0.4) is 0 Å². The molecule has 1 aliphatic heterocycles. The molecule has 148 valence electrons. The van der Waals surface area contributed by atoms with E-state index in [1.54, 1.807) is 11.3 Å². The quantitative estimate of drug-likeness (QED) is 0.387. The molecular formula is C24H19N3OS2. The molecule has 4 nitrogen and oxygen atoms in total. The van der Waals surface area contributed by atoms with E-state index in [9.17, 15) is 0 Å². The van der Waals surface area contributed by atoms with Gasteiger partial charge in [0.1, 0.15) is 11.5 Å². The molecule has 6 heteroatoms. The van der Waals surface area contributed by atoms with Crippen molar-refractivity contribution in [3.05, 3.63) is 107 Å². The minimum atomic E-state index is -0.0161. The highest BCUT2D eigenvalue weighted by Crippen LogP contribution is 2.43. The molecule has 0 saturated carbocycles. The van der Waals surface area contributed by atoms with Crippen LogP contribution in [0.4, 0.5) is 5.69 Å². The Balaban J connectivity index is 1.47. The highest BCUT2D eigenvalue weighted by Gasteiger charge is 2.41. The first-order chi connectivity index (χ1) is 14.8. The predicted octanol–water partition coefficient (Wildman–Crippen LogP) is 6.11. The molecular weight excluding hydrogens is 410 g/mol. The van der Waals surface area contributed by atoms with Gasteiger partial charge in [-0.3, -0.25) is 4.98 Å². The zero-order valence-corrected chi connectivity index (χ0v) is 17.6. The van der Waals surface area contributed by atoms with Crippen molar-refractivity contribution < 1.29 is 4.74 Å². The normalized spacial score (nSPS) is 18.3. The average Bonchev–Trinajstić information content (AvgIpc) is 3.43. The Kier molecular flexibility index (Phi) is 5.17. The Morgan fingerprint density at radius 2 is 1.63 bits per heavy atom. The van der Waals surface area contributed by atoms with Crippen LogP contribution in [0.25, 0.3) is 0 Å². The lowest BCUT2D eigenvalue weighted by Crippen LogP contribution is -2.28. The van der Waals surface area contributed by atoms with Gasteiger partial charge in [-0.15, -0.1) is 11.3 Å². The van der Waals surface area contributed by atoms with E-state index in [1.165, 1.54) is 4.88 Å². The van der Waals surface area contributed by atoms with Gasteiger partial charge >= 0.3 is 0 Å². The fourth-order valence-electron chi connectivity index (χ4n) is 3.68. The fourth-order valence-corrected chi connectivity index (χ4v) is 4.88. The summed E-state index contributed by atoms with van der Waals surface area (Å²) in [4.78, 5) is 7.99. The number of rotatable bonds is 5. The van der Waals surface area contributed by atoms with E-state index < -0.39 is 0 Å². The topological polar surface area (TPSA) is 37.4 Å². The summed E-state index contributed by atoms with van der Waals surface area (Å²) in [6.45, 7) is 0. The van der Waals surface area contributed by atoms with Crippen LogP contribution in [-0.2, 0) is 0 Å². The van der Waals surface area contributed by atoms with Crippen molar-refractivity contribution >= 4 is 34.4 Å². The summed E-state index contributed by atoms with van der Waals surface area (Å²) in [5.74, 6) is 1.60. The molecule has 0 unspecified atom stereocenters. The molecule has 1 fully saturated rings. The van der Waals surface area contributed by atoms with Gasteiger partial charge in [-0.2, -0.15) is 0 Å². The number of hydrogen-bond acceptors (Lipinski definition) is 4. The third-order valence-corrected chi connectivity index (χ3v) is 6.28. The Morgan fingerprint density at radius 3 is 2.33 bits per heavy atom. The van der Waals surface area contributed by atoms with Crippen LogP contribution in [0.2, 0.25) is 0 Å². The van der Waals surface area contributed by atoms with Gasteiger partial charge in [-0.1, -0.05) is 30.3 Å². The van der Waals surface area contributed by atoms with E-state index in [0.717, 1.165) is 22.9 Å². The lowest BCUT2D eigenvalue weighted by Gasteiger charge is -2.27. The number of aromatic nitrogens is 1. The maximum Gasteiger partial charge on any atom is 0.174 e. The average molecular weight is 430 g/mol. The molecule has 1 N–H and O–H groups in total. The van der Waals surface area contributed by atoms with Crippen molar-refractivity contribution in [2.45, 2.75) is 12.1 Å². The summed E-state index contributed by atoms with van der Waals surface area (Å²) in [7, 11) is 0. The van der Waals surface area contributed by atoms with Gasteiger partial charge in [0.15, 0.2) is 5.11 Å². The summed E-state index contributed by atoms with van der Waals surface area (Å²) < 4.78 is 5.94. The third-order valence-electron chi connectivity index (χ3n) is 5.03. The summed E-state index contributed by atoms with van der Waals surface area (Å²) in [6, 6.07) is 28.1. The molecule has 0 spiro atoms. The first kappa shape index (κ1) is 18.8. The second kappa shape index (κ2) is 8.26. The molecule has 1 aliphatic rings. The van der Waals surface area contributed by atoms with Gasteiger partial charge in [0.2, 0.25) is 0 Å². The van der Waals surface area contributed by atoms with Crippen molar-refractivity contribution in [1.82, 2.24) is 10.3 Å². The molecule has 0 amide bonds. The minimum absolute atomic E-state index is 0.0161. The molecule has 4 aromatic rings. The zero-order valence-electron chi connectivity index (χ0n) is 16.0. The zero-order chi connectivity index (χ0) is 20.3. The maximum atomic E-state index is 5.94. The second-order valence-corrected chi connectivity index (χ2v) is 8.29. The number of anilines is 1. The van der Waals surface area contributed by atoms with Crippen LogP contribution >= 0.6 is 23.6 Å². The molecule has 0 bridgehead atoms. The van der Waals surface area contributed by atoms with Crippen LogP contribution in [0, 0.1) is 0 Å². The molecule has 0 radical (unpaired) electrons. The predicted molar refractivity (Wildman–Crippen MR) is 125 cm³/mol. The summed E-state index contributed by atoms with van der Waals surface area (Å²) >= 11 is 7.48. The van der Waals surface area contributed by atoms with Crippen LogP contribution < -0.4 is 15.0 Å². The van der Waals surface area contributed by atoms with Gasteiger partial charge < -0.3 is 15.0 Å². The molecule has 30 heavy (non-hydrogen) atoms. The molecule has 2 aromatic carbocycles. The Hall–Kier alpha value is -3.22. The molecule has 1 saturated heterocycles. The van der Waals surface area contributed by atoms with Gasteiger partial charge in [0, 0.05) is 16.8 Å². The number of nitrogens with zero attached hydrogens (tertiary/aromatic N) is 2. The van der Waals surface area contributed by atoms with E-state index in [0.29, 0.717) is 5.11 Å². The summed E-state index contributed by atoms with van der Waals surface area (Å²) in [6.07, 6.45) is 1.82. The number of benzene rings is 2. The number of pyridine rings is 1. The van der Waals surface area contributed by atoms with E-state index in [4.69, 9.17) is 17.0 Å². The van der Waals surface area contributed by atoms with Gasteiger partial charge in [0.05, 0.1) is 17.8 Å². The first-order valence-electron chi connectivity index (χ1n) is 9.66. The number of thiocarbonyl (C=S) groups is 1. The fraction of sp³-hybridized carbons (Fsp3) is 0.0833. The lowest BCUT2D eigenvalue weighted by molar-refractivity contribution is 0.482. The number of hydrogen-bond donors (Lipinski definition) is 1.